The van der Waals surface area contributed by atoms with Gasteiger partial charge in [-0.2, -0.15) is 0 Å². The van der Waals surface area contributed by atoms with E-state index in [2.05, 4.69) is 88.8 Å². The predicted octanol–water partition coefficient (Wildman–Crippen LogP) is 7.33. The van der Waals surface area contributed by atoms with Crippen LogP contribution in [0.3, 0.4) is 0 Å². The van der Waals surface area contributed by atoms with Crippen LogP contribution in [0.1, 0.15) is 70.4 Å². The summed E-state index contributed by atoms with van der Waals surface area (Å²) < 4.78 is 0. The molecule has 1 unspecified atom stereocenters. The highest BCUT2D eigenvalue weighted by Gasteiger charge is 2.37. The van der Waals surface area contributed by atoms with Crippen molar-refractivity contribution >= 4 is 15.1 Å². The monoisotopic (exact) mass is 454 g/mol. The minimum Gasteiger partial charge on any atom is -0.330 e. The minimum atomic E-state index is -1.28. The van der Waals surface area contributed by atoms with Crippen molar-refractivity contribution in [1.29, 1.82) is 0 Å². The van der Waals surface area contributed by atoms with Crippen LogP contribution in [0.4, 0.5) is 0 Å². The number of rotatable bonds is 14. The van der Waals surface area contributed by atoms with Gasteiger partial charge >= 0.3 is 6.98 Å². The van der Waals surface area contributed by atoms with Gasteiger partial charge in [-0.05, 0) is 58.1 Å². The number of hydrogen-bond acceptors (Lipinski definition) is 2. The summed E-state index contributed by atoms with van der Waals surface area (Å²) in [6.07, 6.45) is 10.8. The standard InChI is InChI=1S/C28H51BN2Si/c1-8-11-18-32(19-12-9-2,20-13-10-3)24-28-22-26-17-15-14-16-25(26)21-27(28)23-29(30(4)5)31(6)7/h14-17,23,28H,8-13,18-22,24H2,1-7H3. The molecule has 0 bridgehead atoms. The van der Waals surface area contributed by atoms with Gasteiger partial charge in [-0.1, -0.05) is 119 Å². The maximum Gasteiger partial charge on any atom is 0.337 e. The van der Waals surface area contributed by atoms with Gasteiger partial charge in [0, 0.05) is 0 Å². The molecule has 0 N–H and O–H groups in total. The second-order valence-corrected chi connectivity index (χ2v) is 15.9. The van der Waals surface area contributed by atoms with E-state index in [4.69, 9.17) is 0 Å². The van der Waals surface area contributed by atoms with Crippen LogP contribution < -0.4 is 0 Å². The fraction of sp³-hybridized carbons (Fsp3) is 0.714. The van der Waals surface area contributed by atoms with Crippen LogP contribution in [-0.2, 0) is 12.8 Å². The SMILES string of the molecule is CCCC[Si](CCCC)(CCCC)CC1Cc2ccccc2CC1=CB(N(C)C)N(C)C. The fourth-order valence-corrected chi connectivity index (χ4v) is 12.0. The summed E-state index contributed by atoms with van der Waals surface area (Å²) in [4.78, 5) is 4.72. The molecule has 1 atom stereocenters. The van der Waals surface area contributed by atoms with Crippen molar-refractivity contribution in [2.45, 2.75) is 96.3 Å². The highest BCUT2D eigenvalue weighted by molar-refractivity contribution is 6.80. The fourth-order valence-electron chi connectivity index (χ4n) is 5.90. The van der Waals surface area contributed by atoms with Gasteiger partial charge in [0.15, 0.2) is 0 Å². The van der Waals surface area contributed by atoms with Crippen molar-refractivity contribution < 1.29 is 0 Å². The third-order valence-electron chi connectivity index (χ3n) is 7.79. The Labute approximate surface area is 202 Å². The van der Waals surface area contributed by atoms with Crippen LogP contribution in [0.25, 0.3) is 0 Å². The van der Waals surface area contributed by atoms with E-state index in [0.717, 1.165) is 12.3 Å². The van der Waals surface area contributed by atoms with E-state index in [-0.39, 0.29) is 0 Å². The Hall–Kier alpha value is -0.838. The molecule has 2 nitrogen and oxygen atoms in total. The Morgan fingerprint density at radius 3 is 1.81 bits per heavy atom. The number of benzene rings is 1. The maximum atomic E-state index is 2.62. The molecule has 2 rings (SSSR count). The highest BCUT2D eigenvalue weighted by atomic mass is 28.3. The van der Waals surface area contributed by atoms with Gasteiger partial charge in [0.05, 0.1) is 8.07 Å². The van der Waals surface area contributed by atoms with Crippen LogP contribution in [-0.4, -0.2) is 52.9 Å². The lowest BCUT2D eigenvalue weighted by atomic mass is 9.67. The molecule has 0 aliphatic heterocycles. The van der Waals surface area contributed by atoms with E-state index >= 15 is 0 Å². The lowest BCUT2D eigenvalue weighted by Gasteiger charge is -2.39. The lowest BCUT2D eigenvalue weighted by molar-refractivity contribution is 0.526. The summed E-state index contributed by atoms with van der Waals surface area (Å²) in [7, 11) is 7.59. The van der Waals surface area contributed by atoms with Crippen LogP contribution in [0.5, 0.6) is 0 Å². The second-order valence-electron chi connectivity index (χ2n) is 10.9. The number of nitrogens with zero attached hydrogens (tertiary/aromatic N) is 2. The van der Waals surface area contributed by atoms with Gasteiger partial charge in [0.2, 0.25) is 0 Å². The van der Waals surface area contributed by atoms with Gasteiger partial charge < -0.3 is 9.62 Å². The van der Waals surface area contributed by atoms with Crippen molar-refractivity contribution in [3.05, 3.63) is 46.9 Å². The topological polar surface area (TPSA) is 6.48 Å². The van der Waals surface area contributed by atoms with Crippen molar-refractivity contribution in [1.82, 2.24) is 9.62 Å². The van der Waals surface area contributed by atoms with E-state index in [0.29, 0.717) is 6.98 Å². The summed E-state index contributed by atoms with van der Waals surface area (Å²) >= 11 is 0. The average molecular weight is 455 g/mol. The molecule has 1 aliphatic carbocycles. The number of allylic oxidation sites excluding steroid dienone is 1. The largest absolute Gasteiger partial charge is 0.337 e. The molecule has 0 radical (unpaired) electrons. The lowest BCUT2D eigenvalue weighted by Crippen LogP contribution is -2.45. The van der Waals surface area contributed by atoms with Gasteiger partial charge in [-0.3, -0.25) is 0 Å². The smallest absolute Gasteiger partial charge is 0.330 e. The molecular weight excluding hydrogens is 403 g/mol. The van der Waals surface area contributed by atoms with E-state index in [1.165, 1.54) is 51.0 Å². The molecule has 4 heteroatoms. The molecule has 0 heterocycles. The zero-order chi connectivity index (χ0) is 23.6. The van der Waals surface area contributed by atoms with Crippen molar-refractivity contribution in [2.75, 3.05) is 28.2 Å². The van der Waals surface area contributed by atoms with Crippen LogP contribution >= 0.6 is 0 Å². The predicted molar refractivity (Wildman–Crippen MR) is 148 cm³/mol. The first-order valence-corrected chi connectivity index (χ1v) is 16.3. The minimum absolute atomic E-state index is 0.371. The van der Waals surface area contributed by atoms with E-state index in [1.807, 2.05) is 0 Å². The Bertz CT molecular complexity index is 671. The summed E-state index contributed by atoms with van der Waals surface area (Å²) in [6.45, 7) is 7.54. The zero-order valence-corrected chi connectivity index (χ0v) is 23.4. The first-order chi connectivity index (χ1) is 15.4. The summed E-state index contributed by atoms with van der Waals surface area (Å²) in [5.41, 5.74) is 4.90. The maximum absolute atomic E-state index is 2.62. The zero-order valence-electron chi connectivity index (χ0n) is 22.4. The van der Waals surface area contributed by atoms with Crippen LogP contribution in [0.2, 0.25) is 24.2 Å². The first kappa shape index (κ1) is 27.4. The average Bonchev–Trinajstić information content (AvgIpc) is 2.77. The molecule has 1 aromatic carbocycles. The molecule has 0 saturated carbocycles. The Morgan fingerprint density at radius 2 is 1.34 bits per heavy atom. The number of hydrogen-bond donors (Lipinski definition) is 0. The summed E-state index contributed by atoms with van der Waals surface area (Å²) in [5.74, 6) is 3.36. The van der Waals surface area contributed by atoms with E-state index < -0.39 is 8.07 Å². The molecule has 0 aromatic heterocycles. The molecular formula is C28H51BN2Si. The third-order valence-corrected chi connectivity index (χ3v) is 13.4. The second kappa shape index (κ2) is 13.8. The number of fused-ring (bicyclic) bond motifs is 1. The van der Waals surface area contributed by atoms with Crippen molar-refractivity contribution in [3.63, 3.8) is 0 Å². The molecule has 32 heavy (non-hydrogen) atoms. The molecule has 0 amide bonds. The summed E-state index contributed by atoms with van der Waals surface area (Å²) in [6, 6.07) is 15.4. The highest BCUT2D eigenvalue weighted by Crippen LogP contribution is 2.41. The Kier molecular flexibility index (Phi) is 11.8. The molecule has 0 saturated heterocycles. The third kappa shape index (κ3) is 7.88. The quantitative estimate of drug-likeness (QED) is 0.272. The van der Waals surface area contributed by atoms with Gasteiger partial charge in [0.25, 0.3) is 0 Å². The molecule has 1 aromatic rings. The van der Waals surface area contributed by atoms with Crippen molar-refractivity contribution in [3.8, 4) is 0 Å². The Balaban J connectivity index is 2.43. The normalized spacial score (nSPS) is 17.9. The van der Waals surface area contributed by atoms with Crippen LogP contribution in [0.15, 0.2) is 35.8 Å². The van der Waals surface area contributed by atoms with E-state index in [9.17, 15) is 0 Å². The van der Waals surface area contributed by atoms with Crippen LogP contribution in [0, 0.1) is 5.92 Å². The molecule has 0 spiro atoms. The van der Waals surface area contributed by atoms with E-state index in [1.54, 1.807) is 34.8 Å². The summed E-state index contributed by atoms with van der Waals surface area (Å²) in [5, 5.41) is 0. The molecule has 180 valence electrons. The molecule has 1 aliphatic rings. The van der Waals surface area contributed by atoms with Gasteiger partial charge in [0.1, 0.15) is 0 Å². The van der Waals surface area contributed by atoms with Gasteiger partial charge in [-0.25, -0.2) is 0 Å². The Morgan fingerprint density at radius 1 is 0.844 bits per heavy atom. The first-order valence-electron chi connectivity index (χ1n) is 13.5. The van der Waals surface area contributed by atoms with Crippen molar-refractivity contribution in [2.24, 2.45) is 5.92 Å². The van der Waals surface area contributed by atoms with Gasteiger partial charge in [-0.15, -0.1) is 0 Å². The molecule has 0 fully saturated rings. The number of unbranched alkanes of at least 4 members (excludes halogenated alkanes) is 3.